The van der Waals surface area contributed by atoms with E-state index < -0.39 is 6.10 Å². The molecule has 0 aliphatic heterocycles. The molecule has 112 valence electrons. The predicted molar refractivity (Wildman–Crippen MR) is 85.3 cm³/mol. The number of aliphatic hydroxyl groups excluding tert-OH is 1. The van der Waals surface area contributed by atoms with Crippen LogP contribution in [-0.4, -0.2) is 26.1 Å². The number of nitrogens with zero attached hydrogens (tertiary/aromatic N) is 3. The van der Waals surface area contributed by atoms with Crippen LogP contribution >= 0.6 is 11.6 Å². The number of benzene rings is 1. The van der Waals surface area contributed by atoms with Gasteiger partial charge in [-0.3, -0.25) is 9.20 Å². The molecule has 0 aliphatic rings. The van der Waals surface area contributed by atoms with Gasteiger partial charge in [-0.15, -0.1) is 11.6 Å². The van der Waals surface area contributed by atoms with Crippen LogP contribution in [0.15, 0.2) is 35.1 Å². The number of fused-ring (bicyclic) bond motifs is 3. The topological polar surface area (TPSA) is 70.4 Å². The molecule has 3 rings (SSSR count). The third-order valence-corrected chi connectivity index (χ3v) is 4.10. The minimum absolute atomic E-state index is 0.0800. The summed E-state index contributed by atoms with van der Waals surface area (Å²) in [6, 6.07) is 11.0. The Morgan fingerprint density at radius 1 is 1.36 bits per heavy atom. The second kappa shape index (κ2) is 5.48. The lowest BCUT2D eigenvalue weighted by Crippen LogP contribution is -2.20. The number of halogens is 1. The molecular weight excluding hydrogens is 302 g/mol. The fourth-order valence-corrected chi connectivity index (χ4v) is 2.88. The van der Waals surface area contributed by atoms with Crippen molar-refractivity contribution in [2.24, 2.45) is 0 Å². The van der Waals surface area contributed by atoms with Gasteiger partial charge in [0.05, 0.1) is 35.1 Å². The Hall–Kier alpha value is -2.29. The van der Waals surface area contributed by atoms with E-state index in [-0.39, 0.29) is 18.0 Å². The van der Waals surface area contributed by atoms with E-state index >= 15 is 0 Å². The van der Waals surface area contributed by atoms with E-state index in [0.29, 0.717) is 22.3 Å². The second-order valence-corrected chi connectivity index (χ2v) is 5.53. The Bertz CT molecular complexity index is 965. The van der Waals surface area contributed by atoms with E-state index in [9.17, 15) is 15.2 Å². The summed E-state index contributed by atoms with van der Waals surface area (Å²) in [4.78, 5) is 12.4. The quantitative estimate of drug-likeness (QED) is 0.752. The van der Waals surface area contributed by atoms with Crippen molar-refractivity contribution in [1.82, 2.24) is 8.97 Å². The normalized spacial score (nSPS) is 12.6. The minimum atomic E-state index is -0.761. The van der Waals surface area contributed by atoms with Gasteiger partial charge in [0.25, 0.3) is 5.56 Å². The summed E-state index contributed by atoms with van der Waals surface area (Å²) >= 11 is 5.71. The first-order valence-corrected chi connectivity index (χ1v) is 7.39. The third kappa shape index (κ3) is 2.08. The summed E-state index contributed by atoms with van der Waals surface area (Å²) in [6.45, 7) is 1.96. The molecule has 6 heteroatoms. The molecule has 0 radical (unpaired) electrons. The van der Waals surface area contributed by atoms with Gasteiger partial charge in [-0.05, 0) is 24.6 Å². The molecule has 0 saturated heterocycles. The molecule has 0 bridgehead atoms. The Morgan fingerprint density at radius 2 is 2.05 bits per heavy atom. The molecule has 0 amide bonds. The highest BCUT2D eigenvalue weighted by atomic mass is 35.5. The van der Waals surface area contributed by atoms with E-state index in [0.717, 1.165) is 5.52 Å². The Labute approximate surface area is 131 Å². The van der Waals surface area contributed by atoms with E-state index in [4.69, 9.17) is 11.6 Å². The molecule has 5 nitrogen and oxygen atoms in total. The molecule has 3 aromatic rings. The average molecular weight is 316 g/mol. The minimum Gasteiger partial charge on any atom is -0.390 e. The number of para-hydroxylation sites is 2. The number of pyridine rings is 1. The first kappa shape index (κ1) is 14.6. The number of nitriles is 1. The van der Waals surface area contributed by atoms with E-state index in [2.05, 4.69) is 6.07 Å². The largest absolute Gasteiger partial charge is 0.390 e. The summed E-state index contributed by atoms with van der Waals surface area (Å²) in [5.41, 5.74) is 2.85. The van der Waals surface area contributed by atoms with Crippen LogP contribution in [0.5, 0.6) is 0 Å². The molecule has 22 heavy (non-hydrogen) atoms. The number of alkyl halides is 1. The highest BCUT2D eigenvalue weighted by Crippen LogP contribution is 2.23. The Balaban J connectivity index is 2.54. The number of rotatable bonds is 3. The van der Waals surface area contributed by atoms with Crippen LogP contribution < -0.4 is 5.56 Å². The van der Waals surface area contributed by atoms with Crippen molar-refractivity contribution < 1.29 is 5.11 Å². The van der Waals surface area contributed by atoms with E-state index in [1.807, 2.05) is 24.3 Å². The first-order valence-electron chi connectivity index (χ1n) is 6.86. The maximum absolute atomic E-state index is 12.4. The summed E-state index contributed by atoms with van der Waals surface area (Å²) in [5.74, 6) is 0.0800. The molecule has 2 aromatic heterocycles. The van der Waals surface area contributed by atoms with Gasteiger partial charge in [-0.2, -0.15) is 5.26 Å². The number of hydrogen-bond acceptors (Lipinski definition) is 3. The van der Waals surface area contributed by atoms with Crippen molar-refractivity contribution in [1.29, 1.82) is 5.26 Å². The zero-order valence-electron chi connectivity index (χ0n) is 12.0. The van der Waals surface area contributed by atoms with Gasteiger partial charge in [-0.1, -0.05) is 12.1 Å². The van der Waals surface area contributed by atoms with Crippen molar-refractivity contribution in [3.05, 3.63) is 51.8 Å². The van der Waals surface area contributed by atoms with Crippen LogP contribution in [0.25, 0.3) is 16.7 Å². The predicted octanol–water partition coefficient (Wildman–Crippen LogP) is 2.03. The first-order chi connectivity index (χ1) is 10.6. The van der Waals surface area contributed by atoms with Crippen LogP contribution in [0, 0.1) is 18.3 Å². The molecular formula is C16H14ClN3O2. The van der Waals surface area contributed by atoms with Crippen molar-refractivity contribution in [3.8, 4) is 6.07 Å². The zero-order valence-corrected chi connectivity index (χ0v) is 12.7. The molecule has 0 aliphatic carbocycles. The van der Waals surface area contributed by atoms with Crippen LogP contribution in [0.3, 0.4) is 0 Å². The molecule has 1 N–H and O–H groups in total. The SMILES string of the molecule is Cc1cc(=O)n2c3ccccc3n(CC(O)CCl)c2c1C#N. The summed E-state index contributed by atoms with van der Waals surface area (Å²) in [5, 5.41) is 19.4. The molecule has 0 fully saturated rings. The lowest BCUT2D eigenvalue weighted by atomic mass is 10.1. The second-order valence-electron chi connectivity index (χ2n) is 5.22. The standard InChI is InChI=1S/C16H14ClN3O2/c1-10-6-15(22)20-14-5-3-2-4-13(14)19(9-11(21)7-17)16(20)12(10)8-18/h2-6,11,21H,7,9H2,1H3. The van der Waals surface area contributed by atoms with Gasteiger partial charge in [-0.25, -0.2) is 0 Å². The summed E-state index contributed by atoms with van der Waals surface area (Å²) < 4.78 is 3.30. The molecule has 2 heterocycles. The van der Waals surface area contributed by atoms with Gasteiger partial charge in [0.1, 0.15) is 11.7 Å². The number of aryl methyl sites for hydroxylation is 1. The fourth-order valence-electron chi connectivity index (χ4n) is 2.78. The molecule has 1 aromatic carbocycles. The van der Waals surface area contributed by atoms with Crippen LogP contribution in [0.2, 0.25) is 0 Å². The highest BCUT2D eigenvalue weighted by molar-refractivity contribution is 6.18. The number of hydrogen-bond donors (Lipinski definition) is 1. The van der Waals surface area contributed by atoms with Crippen molar-refractivity contribution in [2.75, 3.05) is 5.88 Å². The maximum Gasteiger partial charge on any atom is 0.257 e. The van der Waals surface area contributed by atoms with Crippen LogP contribution in [-0.2, 0) is 6.54 Å². The van der Waals surface area contributed by atoms with E-state index in [1.54, 1.807) is 11.5 Å². The van der Waals surface area contributed by atoms with Gasteiger partial charge >= 0.3 is 0 Å². The molecule has 1 unspecified atom stereocenters. The van der Waals surface area contributed by atoms with Crippen LogP contribution in [0.1, 0.15) is 11.1 Å². The van der Waals surface area contributed by atoms with Crippen molar-refractivity contribution in [2.45, 2.75) is 19.6 Å². The zero-order chi connectivity index (χ0) is 15.9. The number of aliphatic hydroxyl groups is 1. The lowest BCUT2D eigenvalue weighted by Gasteiger charge is -2.11. The lowest BCUT2D eigenvalue weighted by molar-refractivity contribution is 0.179. The third-order valence-electron chi connectivity index (χ3n) is 3.74. The van der Waals surface area contributed by atoms with Gasteiger partial charge in [0.2, 0.25) is 0 Å². The number of aromatic nitrogens is 2. The molecule has 0 spiro atoms. The summed E-state index contributed by atoms with van der Waals surface area (Å²) in [6.07, 6.45) is -0.761. The Kier molecular flexibility index (Phi) is 3.65. The van der Waals surface area contributed by atoms with Gasteiger partial charge in [0.15, 0.2) is 0 Å². The van der Waals surface area contributed by atoms with Crippen molar-refractivity contribution in [3.63, 3.8) is 0 Å². The Morgan fingerprint density at radius 3 is 2.68 bits per heavy atom. The average Bonchev–Trinajstić information content (AvgIpc) is 2.83. The summed E-state index contributed by atoms with van der Waals surface area (Å²) in [7, 11) is 0. The fraction of sp³-hybridized carbons (Fsp3) is 0.250. The maximum atomic E-state index is 12.4. The van der Waals surface area contributed by atoms with E-state index in [1.165, 1.54) is 10.5 Å². The smallest absolute Gasteiger partial charge is 0.257 e. The van der Waals surface area contributed by atoms with Gasteiger partial charge < -0.3 is 9.67 Å². The molecule has 0 saturated carbocycles. The van der Waals surface area contributed by atoms with Crippen molar-refractivity contribution >= 4 is 28.3 Å². The van der Waals surface area contributed by atoms with Gasteiger partial charge in [0, 0.05) is 6.07 Å². The molecule has 1 atom stereocenters. The highest BCUT2D eigenvalue weighted by Gasteiger charge is 2.18. The number of imidazole rings is 1. The van der Waals surface area contributed by atoms with Crippen LogP contribution in [0.4, 0.5) is 0 Å². The monoisotopic (exact) mass is 315 g/mol.